The van der Waals surface area contributed by atoms with Crippen molar-refractivity contribution in [2.75, 3.05) is 37.7 Å². The van der Waals surface area contributed by atoms with Crippen LogP contribution in [-0.4, -0.2) is 70.3 Å². The molecule has 6 heterocycles. The summed E-state index contributed by atoms with van der Waals surface area (Å²) in [6.45, 7) is 4.02. The van der Waals surface area contributed by atoms with Gasteiger partial charge in [-0.1, -0.05) is 23.2 Å². The Morgan fingerprint density at radius 2 is 1.80 bits per heavy atom. The quantitative estimate of drug-likeness (QED) is 0.280. The van der Waals surface area contributed by atoms with E-state index < -0.39 is 11.6 Å². The first-order valence-corrected chi connectivity index (χ1v) is 15.2. The van der Waals surface area contributed by atoms with Crippen LogP contribution in [0.2, 0.25) is 10.0 Å². The third kappa shape index (κ3) is 4.11. The Labute approximate surface area is 246 Å². The molecule has 0 aliphatic carbocycles. The summed E-state index contributed by atoms with van der Waals surface area (Å²) in [6.07, 6.45) is 8.13. The SMILES string of the molecule is Fc1cc2c(N3CC4CCC(C3)N4)nc(OCC34CCCN3CCC4)nc2c(F)c1-c1c[nH]c2ccc(Cl)c(Cl)c12. The number of fused-ring (bicyclic) bond motifs is 5. The predicted octanol–water partition coefficient (Wildman–Crippen LogP) is 6.31. The number of benzene rings is 2. The molecule has 2 aromatic heterocycles. The number of hydrogen-bond donors (Lipinski definition) is 2. The van der Waals surface area contributed by atoms with Crippen molar-refractivity contribution in [3.8, 4) is 17.1 Å². The average Bonchev–Trinajstić information content (AvgIpc) is 3.73. The molecule has 2 N–H and O–H groups in total. The Bertz CT molecular complexity index is 1670. The van der Waals surface area contributed by atoms with Crippen molar-refractivity contribution in [1.29, 1.82) is 0 Å². The minimum Gasteiger partial charge on any atom is -0.461 e. The van der Waals surface area contributed by atoms with Crippen molar-refractivity contribution in [3.63, 3.8) is 0 Å². The Hall–Kier alpha value is -2.72. The predicted molar refractivity (Wildman–Crippen MR) is 157 cm³/mol. The number of nitrogens with zero attached hydrogens (tertiary/aromatic N) is 4. The molecule has 0 spiro atoms. The lowest BCUT2D eigenvalue weighted by Crippen LogP contribution is -2.51. The largest absolute Gasteiger partial charge is 0.461 e. The minimum atomic E-state index is -0.773. The highest BCUT2D eigenvalue weighted by Crippen LogP contribution is 2.43. The summed E-state index contributed by atoms with van der Waals surface area (Å²) in [6, 6.07) is 5.51. The zero-order valence-electron chi connectivity index (χ0n) is 22.5. The molecule has 4 aliphatic rings. The van der Waals surface area contributed by atoms with Crippen LogP contribution in [0.25, 0.3) is 32.9 Å². The summed E-state index contributed by atoms with van der Waals surface area (Å²) in [5, 5.41) is 4.96. The normalized spacial score (nSPS) is 23.7. The molecule has 214 valence electrons. The molecule has 0 radical (unpaired) electrons. The van der Waals surface area contributed by atoms with Gasteiger partial charge in [-0.2, -0.15) is 9.97 Å². The van der Waals surface area contributed by atoms with Gasteiger partial charge in [0.1, 0.15) is 23.8 Å². The molecule has 2 bridgehead atoms. The van der Waals surface area contributed by atoms with E-state index in [4.69, 9.17) is 32.9 Å². The van der Waals surface area contributed by atoms with Gasteiger partial charge in [-0.15, -0.1) is 0 Å². The molecule has 11 heteroatoms. The van der Waals surface area contributed by atoms with Gasteiger partial charge < -0.3 is 19.9 Å². The van der Waals surface area contributed by atoms with Crippen molar-refractivity contribution in [2.24, 2.45) is 0 Å². The highest BCUT2D eigenvalue weighted by Gasteiger charge is 2.45. The number of H-pyrrole nitrogens is 1. The zero-order valence-corrected chi connectivity index (χ0v) is 24.0. The van der Waals surface area contributed by atoms with Crippen LogP contribution in [0.3, 0.4) is 0 Å². The number of halogens is 4. The van der Waals surface area contributed by atoms with Gasteiger partial charge >= 0.3 is 6.01 Å². The molecule has 2 atom stereocenters. The molecule has 2 unspecified atom stereocenters. The molecule has 0 amide bonds. The first-order valence-electron chi connectivity index (χ1n) is 14.4. The highest BCUT2D eigenvalue weighted by molar-refractivity contribution is 6.46. The Kier molecular flexibility index (Phi) is 6.11. The molecule has 4 fully saturated rings. The number of ether oxygens (including phenoxy) is 1. The van der Waals surface area contributed by atoms with E-state index in [0.717, 1.165) is 51.6 Å². The van der Waals surface area contributed by atoms with Crippen molar-refractivity contribution in [3.05, 3.63) is 46.1 Å². The summed E-state index contributed by atoms with van der Waals surface area (Å²) >= 11 is 12.8. The second kappa shape index (κ2) is 9.66. The third-order valence-corrected chi connectivity index (χ3v) is 10.4. The van der Waals surface area contributed by atoms with E-state index in [1.165, 1.54) is 6.07 Å². The molecule has 7 nitrogen and oxygen atoms in total. The number of anilines is 1. The first-order chi connectivity index (χ1) is 19.9. The fraction of sp³-hybridized carbons (Fsp3) is 0.467. The standard InChI is InChI=1S/C30H30Cl2F2N6O/c31-20-5-6-22-24(25(20)32)19(12-35-22)23-21(33)11-18-27(26(23)34)37-29(41-15-30-7-1-9-40(30)10-2-8-30)38-28(18)39-13-16-3-4-17(14-39)36-16/h5-6,11-12,16-17,35-36H,1-4,7-10,13-15H2. The highest BCUT2D eigenvalue weighted by atomic mass is 35.5. The monoisotopic (exact) mass is 598 g/mol. The summed E-state index contributed by atoms with van der Waals surface area (Å²) in [7, 11) is 0. The smallest absolute Gasteiger partial charge is 0.319 e. The van der Waals surface area contributed by atoms with E-state index in [-0.39, 0.29) is 27.7 Å². The topological polar surface area (TPSA) is 69.3 Å². The first kappa shape index (κ1) is 25.9. The lowest BCUT2D eigenvalue weighted by Gasteiger charge is -2.34. The molecule has 4 aromatic rings. The third-order valence-electron chi connectivity index (χ3n) is 9.64. The van der Waals surface area contributed by atoms with Gasteiger partial charge in [0.2, 0.25) is 0 Å². The molecule has 41 heavy (non-hydrogen) atoms. The zero-order chi connectivity index (χ0) is 27.9. The van der Waals surface area contributed by atoms with Crippen LogP contribution in [-0.2, 0) is 0 Å². The van der Waals surface area contributed by atoms with Gasteiger partial charge in [0.25, 0.3) is 0 Å². The summed E-state index contributed by atoms with van der Waals surface area (Å²) in [4.78, 5) is 17.1. The van der Waals surface area contributed by atoms with Crippen molar-refractivity contribution < 1.29 is 13.5 Å². The maximum Gasteiger partial charge on any atom is 0.319 e. The van der Waals surface area contributed by atoms with Crippen LogP contribution in [0.15, 0.2) is 24.4 Å². The summed E-state index contributed by atoms with van der Waals surface area (Å²) in [5.41, 5.74) is 0.735. The minimum absolute atomic E-state index is 0.0147. The molecule has 0 saturated carbocycles. The number of piperazine rings is 1. The molecular formula is C30H30Cl2F2N6O. The fourth-order valence-electron chi connectivity index (χ4n) is 7.70. The van der Waals surface area contributed by atoms with Crippen LogP contribution in [0.5, 0.6) is 6.01 Å². The van der Waals surface area contributed by atoms with Gasteiger partial charge in [-0.05, 0) is 69.8 Å². The second-order valence-electron chi connectivity index (χ2n) is 12.0. The van der Waals surface area contributed by atoms with Gasteiger partial charge in [-0.3, -0.25) is 4.90 Å². The van der Waals surface area contributed by atoms with E-state index >= 15 is 8.78 Å². The van der Waals surface area contributed by atoms with E-state index in [0.29, 0.717) is 64.5 Å². The van der Waals surface area contributed by atoms with Crippen LogP contribution in [0, 0.1) is 11.6 Å². The molecule has 4 aliphatic heterocycles. The lowest BCUT2D eigenvalue weighted by atomic mass is 9.95. The van der Waals surface area contributed by atoms with E-state index in [1.54, 1.807) is 18.3 Å². The van der Waals surface area contributed by atoms with Crippen molar-refractivity contribution >= 4 is 50.8 Å². The molecule has 4 saturated heterocycles. The van der Waals surface area contributed by atoms with Crippen LogP contribution in [0.1, 0.15) is 38.5 Å². The second-order valence-corrected chi connectivity index (χ2v) is 12.8. The van der Waals surface area contributed by atoms with Crippen molar-refractivity contribution in [1.82, 2.24) is 25.2 Å². The Morgan fingerprint density at radius 3 is 2.56 bits per heavy atom. The van der Waals surface area contributed by atoms with Crippen LogP contribution in [0.4, 0.5) is 14.6 Å². The Balaban J connectivity index is 1.27. The number of rotatable bonds is 5. The maximum absolute atomic E-state index is 16.6. The Morgan fingerprint density at radius 1 is 1.05 bits per heavy atom. The van der Waals surface area contributed by atoms with E-state index in [2.05, 4.69) is 25.1 Å². The van der Waals surface area contributed by atoms with Crippen molar-refractivity contribution in [2.45, 2.75) is 56.1 Å². The number of hydrogen-bond acceptors (Lipinski definition) is 6. The molecule has 8 rings (SSSR count). The lowest BCUT2D eigenvalue weighted by molar-refractivity contribution is 0.108. The van der Waals surface area contributed by atoms with E-state index in [9.17, 15) is 0 Å². The summed E-state index contributed by atoms with van der Waals surface area (Å²) < 4.78 is 38.9. The number of aromatic nitrogens is 3. The van der Waals surface area contributed by atoms with Gasteiger partial charge in [0, 0.05) is 53.2 Å². The fourth-order valence-corrected chi connectivity index (χ4v) is 8.12. The summed E-state index contributed by atoms with van der Waals surface area (Å²) in [5.74, 6) is -0.972. The maximum atomic E-state index is 16.6. The molecule has 2 aromatic carbocycles. The molecular weight excluding hydrogens is 569 g/mol. The van der Waals surface area contributed by atoms with Crippen LogP contribution < -0.4 is 15.0 Å². The number of aromatic amines is 1. The average molecular weight is 600 g/mol. The van der Waals surface area contributed by atoms with Gasteiger partial charge in [-0.25, -0.2) is 8.78 Å². The van der Waals surface area contributed by atoms with E-state index in [1.807, 2.05) is 0 Å². The van der Waals surface area contributed by atoms with Gasteiger partial charge in [0.05, 0.1) is 21.1 Å². The van der Waals surface area contributed by atoms with Gasteiger partial charge in [0.15, 0.2) is 5.82 Å². The van der Waals surface area contributed by atoms with Crippen LogP contribution >= 0.6 is 23.2 Å². The number of nitrogens with one attached hydrogen (secondary N) is 2.